The van der Waals surface area contributed by atoms with Crippen LogP contribution in [0.2, 0.25) is 18.1 Å². The second-order valence-corrected chi connectivity index (χ2v) is 13.7. The molecule has 0 aromatic carbocycles. The highest BCUT2D eigenvalue weighted by Gasteiger charge is 2.49. The lowest BCUT2D eigenvalue weighted by molar-refractivity contribution is 0.0875. The lowest BCUT2D eigenvalue weighted by atomic mass is 9.74. The summed E-state index contributed by atoms with van der Waals surface area (Å²) in [4.78, 5) is 0. The Bertz CT molecular complexity index is 488. The second-order valence-electron chi connectivity index (χ2n) is 8.93. The van der Waals surface area contributed by atoms with E-state index in [1.165, 1.54) is 25.0 Å². The van der Waals surface area contributed by atoms with E-state index in [9.17, 15) is 0 Å². The van der Waals surface area contributed by atoms with Crippen molar-refractivity contribution < 1.29 is 4.43 Å². The molecule has 0 spiro atoms. The molecule has 0 bridgehead atoms. The summed E-state index contributed by atoms with van der Waals surface area (Å²) in [7, 11) is 2.29. The minimum atomic E-state index is -1.70. The Hall–Kier alpha value is -0.613. The first-order valence-corrected chi connectivity index (χ1v) is 11.5. The molecule has 0 N–H and O–H groups in total. The van der Waals surface area contributed by atoms with E-state index in [-0.39, 0.29) is 10.5 Å². The molecular formula is C18H34N2OSi. The van der Waals surface area contributed by atoms with Gasteiger partial charge in [-0.2, -0.15) is 5.10 Å². The predicted molar refractivity (Wildman–Crippen MR) is 97.9 cm³/mol. The molecule has 0 heterocycles. The van der Waals surface area contributed by atoms with Gasteiger partial charge in [-0.1, -0.05) is 33.3 Å². The molecule has 2 aliphatic carbocycles. The fourth-order valence-electron chi connectivity index (χ4n) is 3.37. The van der Waals surface area contributed by atoms with Crippen LogP contribution in [0.15, 0.2) is 16.8 Å². The van der Waals surface area contributed by atoms with Gasteiger partial charge in [0.15, 0.2) is 8.32 Å². The maximum atomic E-state index is 6.80. The first-order chi connectivity index (χ1) is 9.96. The third-order valence-corrected chi connectivity index (χ3v) is 10.4. The molecule has 0 radical (unpaired) electrons. The largest absolute Gasteiger partial charge is 0.413 e. The lowest BCUT2D eigenvalue weighted by Crippen LogP contribution is -2.47. The third-order valence-electron chi connectivity index (χ3n) is 5.93. The summed E-state index contributed by atoms with van der Waals surface area (Å²) >= 11 is 0. The standard InChI is InChI=1S/C18H34N2OSi/c1-17(2,3)22(7,8)21-16-10-9-14-13-15(19-20(5)6)11-12-18(14,16)4/h13,16H,9-12H2,1-8H3/b19-15-. The molecule has 0 amide bonds. The highest BCUT2D eigenvalue weighted by molar-refractivity contribution is 6.74. The molecule has 0 aromatic heterocycles. The Kier molecular flexibility index (Phi) is 4.67. The zero-order chi connectivity index (χ0) is 16.8. The number of hydrazone groups is 1. The summed E-state index contributed by atoms with van der Waals surface area (Å²) in [5.41, 5.74) is 3.01. The van der Waals surface area contributed by atoms with Crippen molar-refractivity contribution in [3.05, 3.63) is 11.6 Å². The molecule has 22 heavy (non-hydrogen) atoms. The van der Waals surface area contributed by atoms with Gasteiger partial charge in [0.2, 0.25) is 0 Å². The summed E-state index contributed by atoms with van der Waals surface area (Å²) in [6, 6.07) is 0. The number of nitrogens with zero attached hydrogens (tertiary/aromatic N) is 2. The van der Waals surface area contributed by atoms with Crippen LogP contribution in [0.4, 0.5) is 0 Å². The van der Waals surface area contributed by atoms with E-state index in [1.54, 1.807) is 5.57 Å². The SMILES string of the molecule is CN(C)/N=C1\C=C2CCC(O[Si](C)(C)C(C)(C)C)C2(C)CC1. The molecule has 2 unspecified atom stereocenters. The minimum Gasteiger partial charge on any atom is -0.413 e. The van der Waals surface area contributed by atoms with Crippen molar-refractivity contribution in [3.8, 4) is 0 Å². The summed E-state index contributed by atoms with van der Waals surface area (Å²) in [6.45, 7) is 14.2. The van der Waals surface area contributed by atoms with Gasteiger partial charge in [-0.05, 0) is 49.9 Å². The number of fused-ring (bicyclic) bond motifs is 1. The zero-order valence-electron chi connectivity index (χ0n) is 15.8. The van der Waals surface area contributed by atoms with Crippen LogP contribution in [-0.2, 0) is 4.43 Å². The summed E-state index contributed by atoms with van der Waals surface area (Å²) in [5, 5.41) is 6.80. The molecule has 2 aliphatic rings. The second kappa shape index (κ2) is 5.79. The number of allylic oxidation sites excluding steroid dienone is 1. The maximum Gasteiger partial charge on any atom is 0.192 e. The zero-order valence-corrected chi connectivity index (χ0v) is 16.8. The van der Waals surface area contributed by atoms with Gasteiger partial charge in [0, 0.05) is 19.5 Å². The van der Waals surface area contributed by atoms with Crippen LogP contribution in [0.1, 0.15) is 53.4 Å². The number of hydrogen-bond donors (Lipinski definition) is 0. The molecule has 1 saturated carbocycles. The molecule has 3 nitrogen and oxygen atoms in total. The Labute approximate surface area is 137 Å². The van der Waals surface area contributed by atoms with Gasteiger partial charge in [0.25, 0.3) is 0 Å². The van der Waals surface area contributed by atoms with Crippen LogP contribution in [0.5, 0.6) is 0 Å². The Balaban J connectivity index is 2.20. The van der Waals surface area contributed by atoms with Gasteiger partial charge in [-0.15, -0.1) is 0 Å². The first-order valence-electron chi connectivity index (χ1n) is 8.59. The van der Waals surface area contributed by atoms with Gasteiger partial charge < -0.3 is 9.43 Å². The van der Waals surface area contributed by atoms with Crippen LogP contribution >= 0.6 is 0 Å². The summed E-state index contributed by atoms with van der Waals surface area (Å²) in [5.74, 6) is 0. The van der Waals surface area contributed by atoms with E-state index in [0.717, 1.165) is 6.42 Å². The number of hydrogen-bond acceptors (Lipinski definition) is 3. The van der Waals surface area contributed by atoms with Gasteiger partial charge in [-0.25, -0.2) is 0 Å². The summed E-state index contributed by atoms with van der Waals surface area (Å²) in [6.07, 6.45) is 7.31. The van der Waals surface area contributed by atoms with E-state index in [0.29, 0.717) is 6.10 Å². The van der Waals surface area contributed by atoms with Crippen molar-refractivity contribution in [1.29, 1.82) is 0 Å². The molecule has 2 atom stereocenters. The van der Waals surface area contributed by atoms with Crippen molar-refractivity contribution in [1.82, 2.24) is 5.01 Å². The quantitative estimate of drug-likeness (QED) is 0.550. The smallest absolute Gasteiger partial charge is 0.192 e. The van der Waals surface area contributed by atoms with E-state index in [2.05, 4.69) is 52.0 Å². The molecule has 126 valence electrons. The monoisotopic (exact) mass is 322 g/mol. The van der Waals surface area contributed by atoms with Gasteiger partial charge in [0.1, 0.15) is 0 Å². The Morgan fingerprint density at radius 2 is 1.91 bits per heavy atom. The normalized spacial score (nSPS) is 31.2. The molecule has 1 fully saturated rings. The average Bonchev–Trinajstić information content (AvgIpc) is 2.64. The molecule has 0 aromatic rings. The van der Waals surface area contributed by atoms with Crippen LogP contribution in [0.3, 0.4) is 0 Å². The van der Waals surface area contributed by atoms with Crippen LogP contribution in [0.25, 0.3) is 0 Å². The fraction of sp³-hybridized carbons (Fsp3) is 0.833. The molecular weight excluding hydrogens is 288 g/mol. The van der Waals surface area contributed by atoms with Gasteiger partial charge in [-0.3, -0.25) is 0 Å². The van der Waals surface area contributed by atoms with E-state index < -0.39 is 8.32 Å². The highest BCUT2D eigenvalue weighted by Crippen LogP contribution is 2.52. The highest BCUT2D eigenvalue weighted by atomic mass is 28.4. The summed E-state index contributed by atoms with van der Waals surface area (Å²) < 4.78 is 6.80. The van der Waals surface area contributed by atoms with Crippen LogP contribution < -0.4 is 0 Å². The van der Waals surface area contributed by atoms with Crippen molar-refractivity contribution >= 4 is 14.0 Å². The predicted octanol–water partition coefficient (Wildman–Crippen LogP) is 4.81. The molecule has 0 aliphatic heterocycles. The third kappa shape index (κ3) is 3.33. The Morgan fingerprint density at radius 1 is 1.27 bits per heavy atom. The lowest BCUT2D eigenvalue weighted by Gasteiger charge is -2.44. The van der Waals surface area contributed by atoms with Crippen molar-refractivity contribution in [2.75, 3.05) is 14.1 Å². The van der Waals surface area contributed by atoms with Gasteiger partial charge in [0.05, 0.1) is 11.8 Å². The van der Waals surface area contributed by atoms with Crippen LogP contribution in [0, 0.1) is 5.41 Å². The van der Waals surface area contributed by atoms with Crippen LogP contribution in [-0.4, -0.2) is 39.2 Å². The van der Waals surface area contributed by atoms with E-state index in [4.69, 9.17) is 4.43 Å². The van der Waals surface area contributed by atoms with Crippen molar-refractivity contribution in [2.24, 2.45) is 10.5 Å². The van der Waals surface area contributed by atoms with Crippen molar-refractivity contribution in [2.45, 2.75) is 77.6 Å². The van der Waals surface area contributed by atoms with E-state index >= 15 is 0 Å². The molecule has 2 rings (SSSR count). The van der Waals surface area contributed by atoms with E-state index in [1.807, 2.05) is 19.1 Å². The molecule has 4 heteroatoms. The maximum absolute atomic E-state index is 6.80. The fourth-order valence-corrected chi connectivity index (χ4v) is 4.82. The minimum absolute atomic E-state index is 0.223. The van der Waals surface area contributed by atoms with Crippen molar-refractivity contribution in [3.63, 3.8) is 0 Å². The Morgan fingerprint density at radius 3 is 2.45 bits per heavy atom. The number of rotatable bonds is 3. The first kappa shape index (κ1) is 17.7. The molecule has 0 saturated heterocycles. The average molecular weight is 323 g/mol. The van der Waals surface area contributed by atoms with Gasteiger partial charge >= 0.3 is 0 Å². The topological polar surface area (TPSA) is 24.8 Å².